The molecule has 0 bridgehead atoms. The molecule has 1 atom stereocenters. The largest absolute Gasteiger partial charge is 0.361 e. The lowest BCUT2D eigenvalue weighted by molar-refractivity contribution is 0.503. The zero-order chi connectivity index (χ0) is 12.3. The van der Waals surface area contributed by atoms with Gasteiger partial charge in [-0.1, -0.05) is 53.7 Å². The molecule has 1 aliphatic heterocycles. The second-order valence-electron chi connectivity index (χ2n) is 4.56. The van der Waals surface area contributed by atoms with Crippen LogP contribution in [0, 0.1) is 5.92 Å². The van der Waals surface area contributed by atoms with Crippen molar-refractivity contribution < 1.29 is 0 Å². The number of benzene rings is 1. The van der Waals surface area contributed by atoms with Gasteiger partial charge in [0.15, 0.2) is 5.17 Å². The summed E-state index contributed by atoms with van der Waals surface area (Å²) in [5.41, 5.74) is 1.24. The smallest absolute Gasteiger partial charge is 0.157 e. The van der Waals surface area contributed by atoms with E-state index in [2.05, 4.69) is 52.2 Å². The van der Waals surface area contributed by atoms with E-state index in [9.17, 15) is 0 Å². The molecule has 1 heterocycles. The van der Waals surface area contributed by atoms with Gasteiger partial charge in [0.1, 0.15) is 0 Å². The summed E-state index contributed by atoms with van der Waals surface area (Å²) in [4.78, 5) is 4.61. The molecule has 0 unspecified atom stereocenters. The number of thioether (sulfide) groups is 1. The first kappa shape index (κ1) is 13.0. The van der Waals surface area contributed by atoms with Crippen LogP contribution in [0.25, 0.3) is 0 Å². The van der Waals surface area contributed by atoms with Crippen molar-refractivity contribution in [3.05, 3.63) is 34.3 Å². The summed E-state index contributed by atoms with van der Waals surface area (Å²) >= 11 is 5.30. The molecular weight excluding hydrogens is 296 g/mol. The number of halogens is 1. The monoisotopic (exact) mass is 312 g/mol. The summed E-state index contributed by atoms with van der Waals surface area (Å²) in [5.74, 6) is 1.80. The molecule has 0 radical (unpaired) electrons. The van der Waals surface area contributed by atoms with Gasteiger partial charge >= 0.3 is 0 Å². The lowest BCUT2D eigenvalue weighted by Gasteiger charge is -2.13. The van der Waals surface area contributed by atoms with Crippen molar-refractivity contribution in [1.29, 1.82) is 0 Å². The van der Waals surface area contributed by atoms with Crippen LogP contribution in [0.5, 0.6) is 0 Å². The number of aliphatic imine (C=N–C) groups is 1. The van der Waals surface area contributed by atoms with Crippen LogP contribution in [0.2, 0.25) is 0 Å². The molecule has 1 aliphatic rings. The number of rotatable bonds is 3. The van der Waals surface area contributed by atoms with E-state index in [-0.39, 0.29) is 0 Å². The van der Waals surface area contributed by atoms with Crippen molar-refractivity contribution in [3.8, 4) is 0 Å². The minimum Gasteiger partial charge on any atom is -0.361 e. The van der Waals surface area contributed by atoms with Crippen molar-refractivity contribution in [2.75, 3.05) is 5.75 Å². The Kier molecular flexibility index (Phi) is 4.51. The molecule has 1 aromatic carbocycles. The fraction of sp³-hybridized carbons (Fsp3) is 0.462. The van der Waals surface area contributed by atoms with Gasteiger partial charge in [0.05, 0.1) is 6.54 Å². The molecule has 0 aromatic heterocycles. The summed E-state index contributed by atoms with van der Waals surface area (Å²) in [5, 5.41) is 4.56. The number of hydrogen-bond donors (Lipinski definition) is 1. The molecule has 1 N–H and O–H groups in total. The summed E-state index contributed by atoms with van der Waals surface area (Å²) in [6.45, 7) is 5.24. The molecular formula is C13H17BrN2S. The molecule has 1 saturated heterocycles. The molecule has 0 spiro atoms. The Morgan fingerprint density at radius 2 is 2.35 bits per heavy atom. The highest BCUT2D eigenvalue weighted by atomic mass is 79.9. The van der Waals surface area contributed by atoms with Gasteiger partial charge in [-0.05, 0) is 23.6 Å². The lowest BCUT2D eigenvalue weighted by atomic mass is 10.1. The first-order chi connectivity index (χ1) is 8.15. The van der Waals surface area contributed by atoms with Gasteiger partial charge < -0.3 is 5.32 Å². The third kappa shape index (κ3) is 3.75. The van der Waals surface area contributed by atoms with E-state index in [1.807, 2.05) is 23.9 Å². The zero-order valence-corrected chi connectivity index (χ0v) is 12.5. The summed E-state index contributed by atoms with van der Waals surface area (Å²) < 4.78 is 1.11. The second-order valence-corrected chi connectivity index (χ2v) is 6.48. The van der Waals surface area contributed by atoms with E-state index < -0.39 is 0 Å². The second kappa shape index (κ2) is 5.91. The van der Waals surface area contributed by atoms with Gasteiger partial charge in [-0.25, -0.2) is 0 Å². The Morgan fingerprint density at radius 3 is 3.00 bits per heavy atom. The van der Waals surface area contributed by atoms with Crippen LogP contribution in [0.4, 0.5) is 0 Å². The molecule has 4 heteroatoms. The van der Waals surface area contributed by atoms with Crippen LogP contribution in [-0.4, -0.2) is 17.0 Å². The highest BCUT2D eigenvalue weighted by Gasteiger charge is 2.22. The van der Waals surface area contributed by atoms with Crippen molar-refractivity contribution >= 4 is 32.9 Å². The molecule has 2 nitrogen and oxygen atoms in total. The maximum Gasteiger partial charge on any atom is 0.157 e. The third-order valence-electron chi connectivity index (χ3n) is 2.81. The van der Waals surface area contributed by atoms with Crippen molar-refractivity contribution in [3.63, 3.8) is 0 Å². The Balaban J connectivity index is 1.94. The maximum atomic E-state index is 4.61. The van der Waals surface area contributed by atoms with E-state index >= 15 is 0 Å². The van der Waals surface area contributed by atoms with E-state index in [4.69, 9.17) is 0 Å². The Hall–Kier alpha value is -0.480. The first-order valence-corrected chi connectivity index (χ1v) is 7.61. The summed E-state index contributed by atoms with van der Waals surface area (Å²) in [6, 6.07) is 8.87. The average Bonchev–Trinajstić information content (AvgIpc) is 2.75. The van der Waals surface area contributed by atoms with Gasteiger partial charge in [0.25, 0.3) is 0 Å². The SMILES string of the molecule is CC(C)[C@H]1CSC(=NCc2cccc(Br)c2)N1. The van der Waals surface area contributed by atoms with Crippen LogP contribution in [0.1, 0.15) is 19.4 Å². The Bertz CT molecular complexity index is 418. The standard InChI is InChI=1S/C13H17BrN2S/c1-9(2)12-8-17-13(16-12)15-7-10-4-3-5-11(14)6-10/h3-6,9,12H,7-8H2,1-2H3,(H,15,16)/t12-/m1/s1. The average molecular weight is 313 g/mol. The highest BCUT2D eigenvalue weighted by molar-refractivity contribution is 9.10. The normalized spacial score (nSPS) is 22.1. The van der Waals surface area contributed by atoms with Gasteiger partial charge in [-0.3, -0.25) is 4.99 Å². The van der Waals surface area contributed by atoms with Crippen LogP contribution >= 0.6 is 27.7 Å². The van der Waals surface area contributed by atoms with Gasteiger partial charge in [-0.15, -0.1) is 0 Å². The molecule has 0 aliphatic carbocycles. The molecule has 1 fully saturated rings. The van der Waals surface area contributed by atoms with Crippen LogP contribution in [0.3, 0.4) is 0 Å². The number of nitrogens with zero attached hydrogens (tertiary/aromatic N) is 1. The topological polar surface area (TPSA) is 24.4 Å². The molecule has 92 valence electrons. The minimum atomic E-state index is 0.571. The maximum absolute atomic E-state index is 4.61. The van der Waals surface area contributed by atoms with Crippen LogP contribution in [-0.2, 0) is 6.54 Å². The fourth-order valence-electron chi connectivity index (χ4n) is 1.66. The summed E-state index contributed by atoms with van der Waals surface area (Å²) in [7, 11) is 0. The number of hydrogen-bond acceptors (Lipinski definition) is 2. The van der Waals surface area contributed by atoms with Crippen LogP contribution in [0.15, 0.2) is 33.7 Å². The van der Waals surface area contributed by atoms with E-state index in [1.165, 1.54) is 5.56 Å². The van der Waals surface area contributed by atoms with Crippen molar-refractivity contribution in [1.82, 2.24) is 5.32 Å². The van der Waals surface area contributed by atoms with Gasteiger partial charge in [-0.2, -0.15) is 0 Å². The zero-order valence-electron chi connectivity index (χ0n) is 10.1. The lowest BCUT2D eigenvalue weighted by Crippen LogP contribution is -2.31. The molecule has 2 rings (SSSR count). The predicted octanol–water partition coefficient (Wildman–Crippen LogP) is 3.67. The van der Waals surface area contributed by atoms with Crippen molar-refractivity contribution in [2.45, 2.75) is 26.4 Å². The van der Waals surface area contributed by atoms with Crippen molar-refractivity contribution in [2.24, 2.45) is 10.9 Å². The van der Waals surface area contributed by atoms with E-state index in [0.717, 1.165) is 21.9 Å². The summed E-state index contributed by atoms with van der Waals surface area (Å²) in [6.07, 6.45) is 0. The molecule has 0 saturated carbocycles. The quantitative estimate of drug-likeness (QED) is 0.921. The fourth-order valence-corrected chi connectivity index (χ4v) is 3.30. The highest BCUT2D eigenvalue weighted by Crippen LogP contribution is 2.20. The minimum absolute atomic E-state index is 0.571. The van der Waals surface area contributed by atoms with Gasteiger partial charge in [0, 0.05) is 16.3 Å². The first-order valence-electron chi connectivity index (χ1n) is 5.83. The molecule has 1 aromatic rings. The predicted molar refractivity (Wildman–Crippen MR) is 79.5 cm³/mol. The number of nitrogens with one attached hydrogen (secondary N) is 1. The number of amidine groups is 1. The molecule has 17 heavy (non-hydrogen) atoms. The molecule has 0 amide bonds. The van der Waals surface area contributed by atoms with Crippen LogP contribution < -0.4 is 5.32 Å². The van der Waals surface area contributed by atoms with E-state index in [0.29, 0.717) is 12.0 Å². The van der Waals surface area contributed by atoms with E-state index in [1.54, 1.807) is 0 Å². The third-order valence-corrected chi connectivity index (χ3v) is 4.35. The Morgan fingerprint density at radius 1 is 1.53 bits per heavy atom. The Labute approximate surface area is 115 Å². The van der Waals surface area contributed by atoms with Gasteiger partial charge in [0.2, 0.25) is 0 Å².